The van der Waals surface area contributed by atoms with E-state index in [2.05, 4.69) is 20.9 Å². The van der Waals surface area contributed by atoms with E-state index in [0.717, 1.165) is 4.47 Å². The highest BCUT2D eigenvalue weighted by Crippen LogP contribution is 2.24. The number of nitrogens with one attached hydrogen (secondary N) is 1. The summed E-state index contributed by atoms with van der Waals surface area (Å²) < 4.78 is 19.0. The number of aromatic amines is 1. The quantitative estimate of drug-likeness (QED) is 0.799. The highest BCUT2D eigenvalue weighted by molar-refractivity contribution is 9.10. The summed E-state index contributed by atoms with van der Waals surface area (Å²) in [6, 6.07) is 4.67. The van der Waals surface area contributed by atoms with E-state index in [0.29, 0.717) is 11.3 Å². The fraction of sp³-hybridized carbons (Fsp3) is 0. The van der Waals surface area contributed by atoms with Crippen LogP contribution < -0.4 is 0 Å². The molecule has 0 radical (unpaired) electrons. The van der Waals surface area contributed by atoms with Crippen molar-refractivity contribution in [3.05, 3.63) is 39.6 Å². The average Bonchev–Trinajstić information content (AvgIpc) is 2.56. The van der Waals surface area contributed by atoms with Crippen molar-refractivity contribution in [3.63, 3.8) is 0 Å². The van der Waals surface area contributed by atoms with Crippen LogP contribution >= 0.6 is 28.1 Å². The molecule has 0 atom stereocenters. The zero-order chi connectivity index (χ0) is 10.1. The summed E-state index contributed by atoms with van der Waals surface area (Å²) in [5.74, 6) is -0.319. The van der Waals surface area contributed by atoms with Crippen LogP contribution in [0.2, 0.25) is 0 Å². The van der Waals surface area contributed by atoms with E-state index in [1.807, 2.05) is 0 Å². The van der Waals surface area contributed by atoms with Gasteiger partial charge in [-0.25, -0.2) is 4.39 Å². The third-order valence-corrected chi connectivity index (χ3v) is 2.43. The predicted molar refractivity (Wildman–Crippen MR) is 57.0 cm³/mol. The second-order valence-corrected chi connectivity index (χ2v) is 3.97. The molecular formula is C9H5BrFNOS. The van der Waals surface area contributed by atoms with Gasteiger partial charge in [-0.2, -0.15) is 0 Å². The minimum Gasteiger partial charge on any atom is -0.437 e. The average molecular weight is 274 g/mol. The minimum atomic E-state index is -0.319. The molecule has 0 bridgehead atoms. The van der Waals surface area contributed by atoms with Crippen molar-refractivity contribution in [1.29, 1.82) is 0 Å². The van der Waals surface area contributed by atoms with Gasteiger partial charge in [-0.3, -0.25) is 0 Å². The molecule has 1 N–H and O–H groups in total. The summed E-state index contributed by atoms with van der Waals surface area (Å²) >= 11 is 8.02. The number of hydrogen-bond donors (Lipinski definition) is 1. The van der Waals surface area contributed by atoms with Crippen LogP contribution in [0.4, 0.5) is 4.39 Å². The Labute approximate surface area is 92.9 Å². The normalized spacial score (nSPS) is 10.4. The van der Waals surface area contributed by atoms with Crippen LogP contribution in [-0.2, 0) is 0 Å². The van der Waals surface area contributed by atoms with Gasteiger partial charge in [0.05, 0.1) is 5.69 Å². The molecule has 0 aliphatic carbocycles. The molecule has 0 aliphatic heterocycles. The Balaban J connectivity index is 2.61. The number of rotatable bonds is 1. The monoisotopic (exact) mass is 273 g/mol. The molecule has 72 valence electrons. The van der Waals surface area contributed by atoms with Crippen LogP contribution in [0.1, 0.15) is 0 Å². The number of aromatic nitrogens is 1. The second kappa shape index (κ2) is 3.67. The zero-order valence-electron chi connectivity index (χ0n) is 6.88. The third-order valence-electron chi connectivity index (χ3n) is 1.74. The maximum absolute atomic E-state index is 13.3. The van der Waals surface area contributed by atoms with Gasteiger partial charge in [0, 0.05) is 10.0 Å². The summed E-state index contributed by atoms with van der Waals surface area (Å²) in [7, 11) is 0. The summed E-state index contributed by atoms with van der Waals surface area (Å²) in [5, 5.41) is 0. The lowest BCUT2D eigenvalue weighted by atomic mass is 10.1. The van der Waals surface area contributed by atoms with Gasteiger partial charge in [-0.05, 0) is 30.4 Å². The summed E-state index contributed by atoms with van der Waals surface area (Å²) in [6.45, 7) is 0. The number of oxazole rings is 1. The Morgan fingerprint density at radius 3 is 2.86 bits per heavy atom. The van der Waals surface area contributed by atoms with Crippen molar-refractivity contribution in [3.8, 4) is 11.3 Å². The molecule has 0 unspecified atom stereocenters. The first-order valence-electron chi connectivity index (χ1n) is 3.80. The van der Waals surface area contributed by atoms with E-state index in [1.165, 1.54) is 12.3 Å². The maximum Gasteiger partial charge on any atom is 0.266 e. The first-order chi connectivity index (χ1) is 6.66. The molecule has 0 saturated carbocycles. The SMILES string of the molecule is Fc1ccc(Br)cc1-c1coc(=S)[nH]1. The molecule has 0 fully saturated rings. The van der Waals surface area contributed by atoms with Crippen LogP contribution in [0.25, 0.3) is 11.3 Å². The molecule has 5 heteroatoms. The number of halogens is 2. The molecule has 0 amide bonds. The lowest BCUT2D eigenvalue weighted by molar-refractivity contribution is 0.541. The standard InChI is InChI=1S/C9H5BrFNOS/c10-5-1-2-7(11)6(3-5)8-4-13-9(14)12-8/h1-4H,(H,12,14). The lowest BCUT2D eigenvalue weighted by Crippen LogP contribution is -1.83. The lowest BCUT2D eigenvalue weighted by Gasteiger charge is -1.99. The maximum atomic E-state index is 13.3. The van der Waals surface area contributed by atoms with Crippen molar-refractivity contribution < 1.29 is 8.81 Å². The Bertz CT molecular complexity index is 520. The molecule has 0 aliphatic rings. The van der Waals surface area contributed by atoms with Gasteiger partial charge in [-0.15, -0.1) is 0 Å². The Kier molecular flexibility index (Phi) is 2.52. The molecule has 0 saturated heterocycles. The van der Waals surface area contributed by atoms with Crippen LogP contribution in [-0.4, -0.2) is 4.98 Å². The van der Waals surface area contributed by atoms with E-state index in [4.69, 9.17) is 16.6 Å². The van der Waals surface area contributed by atoms with Crippen molar-refractivity contribution >= 4 is 28.1 Å². The fourth-order valence-corrected chi connectivity index (χ4v) is 1.64. The molecule has 14 heavy (non-hydrogen) atoms. The van der Waals surface area contributed by atoms with Gasteiger partial charge >= 0.3 is 0 Å². The molecular weight excluding hydrogens is 269 g/mol. The van der Waals surface area contributed by atoms with Crippen LogP contribution in [0.5, 0.6) is 0 Å². The minimum absolute atomic E-state index is 0.236. The van der Waals surface area contributed by atoms with Gasteiger partial charge in [0.1, 0.15) is 12.1 Å². The van der Waals surface area contributed by atoms with E-state index < -0.39 is 0 Å². The molecule has 2 rings (SSSR count). The smallest absolute Gasteiger partial charge is 0.266 e. The molecule has 2 aromatic rings. The van der Waals surface area contributed by atoms with Crippen LogP contribution in [0.15, 0.2) is 33.4 Å². The van der Waals surface area contributed by atoms with E-state index in [9.17, 15) is 4.39 Å². The first kappa shape index (κ1) is 9.61. The Morgan fingerprint density at radius 2 is 2.21 bits per heavy atom. The topological polar surface area (TPSA) is 28.9 Å². The van der Waals surface area contributed by atoms with Crippen molar-refractivity contribution in [2.24, 2.45) is 0 Å². The molecule has 1 aromatic carbocycles. The van der Waals surface area contributed by atoms with Gasteiger partial charge in [0.25, 0.3) is 4.84 Å². The van der Waals surface area contributed by atoms with E-state index in [1.54, 1.807) is 12.1 Å². The molecule has 1 aromatic heterocycles. The van der Waals surface area contributed by atoms with E-state index in [-0.39, 0.29) is 10.7 Å². The van der Waals surface area contributed by atoms with Gasteiger partial charge in [0.15, 0.2) is 0 Å². The summed E-state index contributed by atoms with van der Waals surface area (Å²) in [4.78, 5) is 2.98. The summed E-state index contributed by atoms with van der Waals surface area (Å²) in [5.41, 5.74) is 0.966. The predicted octanol–water partition coefficient (Wildman–Crippen LogP) is 3.91. The highest BCUT2D eigenvalue weighted by atomic mass is 79.9. The Morgan fingerprint density at radius 1 is 1.43 bits per heavy atom. The van der Waals surface area contributed by atoms with Crippen LogP contribution in [0.3, 0.4) is 0 Å². The molecule has 2 nitrogen and oxygen atoms in total. The van der Waals surface area contributed by atoms with Crippen molar-refractivity contribution in [2.45, 2.75) is 0 Å². The number of H-pyrrole nitrogens is 1. The number of hydrogen-bond acceptors (Lipinski definition) is 2. The molecule has 1 heterocycles. The van der Waals surface area contributed by atoms with Gasteiger partial charge in [-0.1, -0.05) is 15.9 Å². The second-order valence-electron chi connectivity index (χ2n) is 2.69. The van der Waals surface area contributed by atoms with Gasteiger partial charge in [0.2, 0.25) is 0 Å². The van der Waals surface area contributed by atoms with Crippen molar-refractivity contribution in [2.75, 3.05) is 0 Å². The third kappa shape index (κ3) is 1.78. The highest BCUT2D eigenvalue weighted by Gasteiger charge is 2.07. The fourth-order valence-electron chi connectivity index (χ4n) is 1.12. The zero-order valence-corrected chi connectivity index (χ0v) is 9.28. The van der Waals surface area contributed by atoms with Crippen molar-refractivity contribution in [1.82, 2.24) is 4.98 Å². The van der Waals surface area contributed by atoms with E-state index >= 15 is 0 Å². The molecule has 0 spiro atoms. The van der Waals surface area contributed by atoms with Crippen LogP contribution in [0, 0.1) is 10.7 Å². The largest absolute Gasteiger partial charge is 0.437 e. The van der Waals surface area contributed by atoms with Gasteiger partial charge < -0.3 is 9.40 Å². The summed E-state index contributed by atoms with van der Waals surface area (Å²) in [6.07, 6.45) is 1.40. The Hall–Kier alpha value is -0.940. The first-order valence-corrected chi connectivity index (χ1v) is 5.00. The number of benzene rings is 1.